The number of carboxylic acid groups (broad SMARTS) is 1. The molecule has 0 atom stereocenters. The number of Topliss-reactive ketones (excluding diaryl/α,β-unsaturated/α-hetero) is 1. The molecule has 8 nitrogen and oxygen atoms in total. The minimum atomic E-state index is -1.39. The zero-order valence-electron chi connectivity index (χ0n) is 17.5. The Morgan fingerprint density at radius 3 is 1.50 bits per heavy atom. The molecule has 162 valence electrons. The molecule has 0 amide bonds. The van der Waals surface area contributed by atoms with Crippen molar-refractivity contribution in [1.29, 1.82) is 0 Å². The van der Waals surface area contributed by atoms with E-state index in [1.165, 1.54) is 6.92 Å². The van der Waals surface area contributed by atoms with Crippen LogP contribution in [0.5, 0.6) is 0 Å². The number of carbonyl (C=O) groups is 3. The van der Waals surface area contributed by atoms with Crippen LogP contribution < -0.4 is 20.4 Å². The van der Waals surface area contributed by atoms with E-state index < -0.39 is 24.1 Å². The van der Waals surface area contributed by atoms with Crippen LogP contribution in [0, 0.1) is 0 Å². The number of ketones is 1. The number of ether oxygens (including phenoxy) is 1. The van der Waals surface area contributed by atoms with E-state index >= 15 is 0 Å². The van der Waals surface area contributed by atoms with E-state index in [9.17, 15) is 34.8 Å². The standard InChI is InChI=1S/C10H14O5.3C3H7O.Zr/c1-7(2)10(14)15-5-3-4-8(11)6-9(12)13;3*1-2-3-4;/h1,3-6H2,2H3,(H,12,13);3*2-3H2,1H3;/q;3*-1;+4/p-1. The van der Waals surface area contributed by atoms with Gasteiger partial charge >= 0.3 is 32.2 Å². The van der Waals surface area contributed by atoms with Crippen molar-refractivity contribution in [1.82, 2.24) is 0 Å². The zero-order chi connectivity index (χ0) is 22.1. The number of aliphatic carboxylic acids is 1. The molecule has 0 aromatic heterocycles. The van der Waals surface area contributed by atoms with Crippen LogP contribution in [-0.2, 0) is 45.3 Å². The summed E-state index contributed by atoms with van der Waals surface area (Å²) in [6, 6.07) is 0. The van der Waals surface area contributed by atoms with E-state index in [0.717, 1.165) is 19.3 Å². The SMILES string of the molecule is C=C(C)C(=O)OCCCC(=O)CC(=O)[O-].CCC[O-].CCC[O-].CCC[O-].[Zr+4]. The van der Waals surface area contributed by atoms with E-state index in [-0.39, 0.29) is 64.6 Å². The minimum Gasteiger partial charge on any atom is -0.854 e. The van der Waals surface area contributed by atoms with E-state index in [1.54, 1.807) is 0 Å². The molecule has 0 saturated heterocycles. The molecule has 0 bridgehead atoms. The fraction of sp³-hybridized carbons (Fsp3) is 0.737. The summed E-state index contributed by atoms with van der Waals surface area (Å²) < 4.78 is 4.71. The average molecular weight is 482 g/mol. The van der Waals surface area contributed by atoms with Crippen molar-refractivity contribution in [3.05, 3.63) is 12.2 Å². The van der Waals surface area contributed by atoms with Gasteiger partial charge in [0.15, 0.2) is 0 Å². The Bertz CT molecular complexity index is 357. The predicted molar refractivity (Wildman–Crippen MR) is 95.1 cm³/mol. The van der Waals surface area contributed by atoms with Gasteiger partial charge in [-0.2, -0.15) is 0 Å². The number of carbonyl (C=O) groups excluding carboxylic acids is 3. The topological polar surface area (TPSA) is 153 Å². The molecule has 0 rings (SSSR count). The first kappa shape index (κ1) is 37.8. The fourth-order valence-electron chi connectivity index (χ4n) is 0.807. The van der Waals surface area contributed by atoms with Crippen LogP contribution in [0.1, 0.15) is 66.2 Å². The normalized spacial score (nSPS) is 8.25. The molecule has 0 spiro atoms. The number of hydrogen-bond acceptors (Lipinski definition) is 8. The maximum absolute atomic E-state index is 10.9. The Kier molecular flexibility index (Phi) is 45.5. The molecule has 0 aliphatic heterocycles. The molecule has 0 fully saturated rings. The smallest absolute Gasteiger partial charge is 0.854 e. The molecule has 0 aromatic carbocycles. The van der Waals surface area contributed by atoms with Gasteiger partial charge in [-0.25, -0.2) is 4.79 Å². The van der Waals surface area contributed by atoms with Crippen LogP contribution in [0.15, 0.2) is 12.2 Å². The number of carboxylic acids is 1. The van der Waals surface area contributed by atoms with Crippen molar-refractivity contribution >= 4 is 17.7 Å². The maximum Gasteiger partial charge on any atom is 4.00 e. The van der Waals surface area contributed by atoms with Gasteiger partial charge in [0.25, 0.3) is 0 Å². The third kappa shape index (κ3) is 49.9. The monoisotopic (exact) mass is 480 g/mol. The third-order valence-corrected chi connectivity index (χ3v) is 2.14. The number of esters is 1. The van der Waals surface area contributed by atoms with Crippen molar-refractivity contribution in [2.45, 2.75) is 66.2 Å². The van der Waals surface area contributed by atoms with Gasteiger partial charge in [-0.1, -0.05) is 46.6 Å². The van der Waals surface area contributed by atoms with Gasteiger partial charge in [0.2, 0.25) is 0 Å². The molecule has 28 heavy (non-hydrogen) atoms. The molecule has 0 heterocycles. The Morgan fingerprint density at radius 1 is 0.893 bits per heavy atom. The summed E-state index contributed by atoms with van der Waals surface area (Å²) in [7, 11) is 0. The summed E-state index contributed by atoms with van der Waals surface area (Å²) in [5.74, 6) is -2.33. The van der Waals surface area contributed by atoms with Crippen LogP contribution >= 0.6 is 0 Å². The summed E-state index contributed by atoms with van der Waals surface area (Å²) in [5, 5.41) is 37.9. The van der Waals surface area contributed by atoms with E-state index in [2.05, 4.69) is 6.58 Å². The largest absolute Gasteiger partial charge is 4.00 e. The Labute approximate surface area is 188 Å². The second-order valence-corrected chi connectivity index (χ2v) is 5.22. The van der Waals surface area contributed by atoms with Crippen molar-refractivity contribution in [2.24, 2.45) is 0 Å². The molecular weight excluding hydrogens is 447 g/mol. The second kappa shape index (κ2) is 33.7. The average Bonchev–Trinajstić information content (AvgIpc) is 2.64. The molecule has 0 radical (unpaired) electrons. The summed E-state index contributed by atoms with van der Waals surface area (Å²) in [4.78, 5) is 31.7. The molecule has 0 aliphatic carbocycles. The van der Waals surface area contributed by atoms with Crippen molar-refractivity contribution in [3.8, 4) is 0 Å². The van der Waals surface area contributed by atoms with Crippen molar-refractivity contribution in [2.75, 3.05) is 26.4 Å². The van der Waals surface area contributed by atoms with Crippen molar-refractivity contribution in [3.63, 3.8) is 0 Å². The minimum absolute atomic E-state index is 0. The Balaban J connectivity index is -0.000000111. The molecule has 0 N–H and O–H groups in total. The number of rotatable bonds is 10. The van der Waals surface area contributed by atoms with Crippen LogP contribution in [0.25, 0.3) is 0 Å². The first-order chi connectivity index (χ1) is 12.7. The summed E-state index contributed by atoms with van der Waals surface area (Å²) in [6.45, 7) is 10.8. The van der Waals surface area contributed by atoms with Crippen molar-refractivity contribution < 1.29 is 65.7 Å². The van der Waals surface area contributed by atoms with E-state index in [0.29, 0.717) is 6.42 Å². The summed E-state index contributed by atoms with van der Waals surface area (Å²) >= 11 is 0. The van der Waals surface area contributed by atoms with Gasteiger partial charge in [0, 0.05) is 24.4 Å². The fourth-order valence-corrected chi connectivity index (χ4v) is 0.807. The molecular formula is C19H34O8Zr. The number of hydrogen-bond donors (Lipinski definition) is 0. The van der Waals surface area contributed by atoms with Crippen LogP contribution in [0.4, 0.5) is 0 Å². The molecule has 9 heteroatoms. The third-order valence-electron chi connectivity index (χ3n) is 2.14. The molecule has 0 saturated carbocycles. The molecule has 0 unspecified atom stereocenters. The van der Waals surface area contributed by atoms with Gasteiger partial charge in [0.1, 0.15) is 5.78 Å². The first-order valence-corrected chi connectivity index (χ1v) is 8.96. The van der Waals surface area contributed by atoms with Gasteiger partial charge in [-0.05, 0) is 13.3 Å². The first-order valence-electron chi connectivity index (χ1n) is 8.96. The van der Waals surface area contributed by atoms with Crippen LogP contribution in [0.3, 0.4) is 0 Å². The van der Waals surface area contributed by atoms with Gasteiger partial charge in [0.05, 0.1) is 6.61 Å². The van der Waals surface area contributed by atoms with Gasteiger partial charge in [-0.3, -0.25) is 4.79 Å². The zero-order valence-corrected chi connectivity index (χ0v) is 20.0. The summed E-state index contributed by atoms with van der Waals surface area (Å²) in [6.07, 6.45) is 2.08. The van der Waals surface area contributed by atoms with Crippen LogP contribution in [0.2, 0.25) is 0 Å². The Morgan fingerprint density at radius 2 is 1.25 bits per heavy atom. The van der Waals surface area contributed by atoms with Crippen LogP contribution in [-0.4, -0.2) is 44.1 Å². The van der Waals surface area contributed by atoms with E-state index in [4.69, 9.17) is 4.74 Å². The second-order valence-electron chi connectivity index (χ2n) is 5.22. The van der Waals surface area contributed by atoms with E-state index in [1.807, 2.05) is 20.8 Å². The quantitative estimate of drug-likeness (QED) is 0.164. The maximum atomic E-state index is 10.9. The Hall–Kier alpha value is -0.887. The van der Waals surface area contributed by atoms with Gasteiger partial charge in [-0.15, -0.1) is 19.8 Å². The predicted octanol–water partition coefficient (Wildman–Crippen LogP) is -1.14. The molecule has 0 aromatic rings. The van der Waals surface area contributed by atoms with Gasteiger partial charge < -0.3 is 30.0 Å². The summed E-state index contributed by atoms with van der Waals surface area (Å²) in [5.41, 5.74) is 0.288. The molecule has 0 aliphatic rings.